The number of pyridine rings is 1. The number of carboxylic acids is 1. The zero-order chi connectivity index (χ0) is 36.6. The van der Waals surface area contributed by atoms with E-state index in [0.717, 1.165) is 5.56 Å². The number of aliphatic carboxylic acids is 1. The molecule has 0 saturated heterocycles. The molecule has 14 nitrogen and oxygen atoms in total. The lowest BCUT2D eigenvalue weighted by molar-refractivity contribution is -0.154. The molecule has 1 atom stereocenters. The van der Waals surface area contributed by atoms with Crippen molar-refractivity contribution in [1.82, 2.24) is 30.6 Å². The van der Waals surface area contributed by atoms with Crippen LogP contribution in [0.5, 0.6) is 6.01 Å². The molecule has 51 heavy (non-hydrogen) atoms. The summed E-state index contributed by atoms with van der Waals surface area (Å²) in [5.41, 5.74) is 1.33. The Morgan fingerprint density at radius 3 is 2.22 bits per heavy atom. The lowest BCUT2D eigenvalue weighted by atomic mass is 10.1. The Labute approximate surface area is 293 Å². The van der Waals surface area contributed by atoms with Crippen LogP contribution < -0.4 is 26.0 Å². The highest BCUT2D eigenvalue weighted by molar-refractivity contribution is 6.36. The lowest BCUT2D eigenvalue weighted by Crippen LogP contribution is -2.43. The van der Waals surface area contributed by atoms with Gasteiger partial charge in [-0.15, -0.1) is 0 Å². The predicted octanol–water partition coefficient (Wildman–Crippen LogP) is 4.21. The van der Waals surface area contributed by atoms with Gasteiger partial charge < -0.3 is 31.1 Å². The van der Waals surface area contributed by atoms with Crippen LogP contribution >= 0.6 is 11.6 Å². The maximum absolute atomic E-state index is 12.9. The number of halogens is 4. The van der Waals surface area contributed by atoms with E-state index in [4.69, 9.17) is 16.3 Å². The Morgan fingerprint density at radius 2 is 1.59 bits per heavy atom. The number of rotatable bonds is 16. The molecule has 0 unspecified atom stereocenters. The topological polar surface area (TPSA) is 197 Å². The van der Waals surface area contributed by atoms with Crippen LogP contribution in [0.15, 0.2) is 73.1 Å². The van der Waals surface area contributed by atoms with E-state index in [1.165, 1.54) is 36.7 Å². The highest BCUT2D eigenvalue weighted by Crippen LogP contribution is 2.48. The number of hydrogen-bond donors (Lipinski definition) is 5. The number of amides is 2. The molecule has 1 saturated carbocycles. The summed E-state index contributed by atoms with van der Waals surface area (Å²) < 4.78 is 43.5. The number of benzene rings is 2. The lowest BCUT2D eigenvalue weighted by Gasteiger charge is -2.19. The summed E-state index contributed by atoms with van der Waals surface area (Å²) in [6, 6.07) is 13.9. The molecule has 0 spiro atoms. The largest absolute Gasteiger partial charge is 0.480 e. The zero-order valence-electron chi connectivity index (χ0n) is 26.5. The summed E-state index contributed by atoms with van der Waals surface area (Å²) in [7, 11) is 0. The maximum atomic E-state index is 12.9. The van der Waals surface area contributed by atoms with Gasteiger partial charge in [0.25, 0.3) is 11.8 Å². The molecule has 1 aliphatic carbocycles. The van der Waals surface area contributed by atoms with Gasteiger partial charge in [0, 0.05) is 41.6 Å². The third-order valence-electron chi connectivity index (χ3n) is 7.57. The van der Waals surface area contributed by atoms with Gasteiger partial charge in [0.2, 0.25) is 17.7 Å². The first kappa shape index (κ1) is 36.4. The number of carbonyl (C=O) groups is 4. The van der Waals surface area contributed by atoms with Gasteiger partial charge in [-0.25, -0.2) is 4.79 Å². The van der Waals surface area contributed by atoms with E-state index in [0.29, 0.717) is 29.1 Å². The number of hydrogen-bond acceptors (Lipinski definition) is 11. The van der Waals surface area contributed by atoms with Crippen molar-refractivity contribution < 1.29 is 42.2 Å². The smallest absolute Gasteiger partial charge is 0.422 e. The second-order valence-electron chi connectivity index (χ2n) is 11.4. The molecule has 1 aliphatic rings. The molecule has 266 valence electrons. The van der Waals surface area contributed by atoms with E-state index >= 15 is 0 Å². The van der Waals surface area contributed by atoms with E-state index in [1.54, 1.807) is 24.3 Å². The average Bonchev–Trinajstić information content (AvgIpc) is 3.87. The van der Waals surface area contributed by atoms with E-state index in [-0.39, 0.29) is 36.8 Å². The zero-order valence-corrected chi connectivity index (χ0v) is 27.3. The number of ether oxygens (including phenoxy) is 1. The van der Waals surface area contributed by atoms with Gasteiger partial charge in [-0.05, 0) is 78.9 Å². The summed E-state index contributed by atoms with van der Waals surface area (Å²) in [6.07, 6.45) is -0.621. The van der Waals surface area contributed by atoms with Gasteiger partial charge in [0.15, 0.2) is 6.61 Å². The number of aromatic nitrogens is 4. The number of ketones is 1. The molecule has 2 amide bonds. The number of carboxylic acid groups (broad SMARTS) is 1. The molecule has 0 aliphatic heterocycles. The molecule has 5 rings (SSSR count). The fourth-order valence-electron chi connectivity index (χ4n) is 4.80. The van der Waals surface area contributed by atoms with Gasteiger partial charge in [-0.3, -0.25) is 19.4 Å². The first-order valence-electron chi connectivity index (χ1n) is 15.4. The Hall–Kier alpha value is -5.84. The summed E-state index contributed by atoms with van der Waals surface area (Å²) in [5.74, 6) is -3.89. The van der Waals surface area contributed by atoms with Crippen LogP contribution in [-0.2, 0) is 26.3 Å². The molecular formula is C33H30ClF3N8O6. The van der Waals surface area contributed by atoms with Crippen molar-refractivity contribution in [3.05, 3.63) is 94.8 Å². The van der Waals surface area contributed by atoms with E-state index in [1.807, 2.05) is 12.1 Å². The number of alkyl halides is 3. The fourth-order valence-corrected chi connectivity index (χ4v) is 4.93. The van der Waals surface area contributed by atoms with Crippen LogP contribution in [0.25, 0.3) is 0 Å². The van der Waals surface area contributed by atoms with Crippen molar-refractivity contribution in [1.29, 1.82) is 0 Å². The molecule has 18 heteroatoms. The summed E-state index contributed by atoms with van der Waals surface area (Å²) in [6.45, 7) is -1.82. The first-order chi connectivity index (χ1) is 24.3. The quantitative estimate of drug-likeness (QED) is 0.103. The standard InChI is InChI=1S/C33H30ClF3N8O6/c34-22-5-3-21(4-6-22)32(12-13-32)45-30-42-29(43-31(44-30)51-18-33(35,36)37)40-23-7-1-20(2-8-23)26(47)41-24(28(49)50)11-16-39-27(48)25(46)17-19-9-14-38-15-10-19/h1-10,14-15,24H,11-13,16-18H2,(H,39,48)(H,41,47)(H,49,50)(H2,40,42,43,44,45)/t24-/m0/s1. The highest BCUT2D eigenvalue weighted by Gasteiger charge is 2.45. The minimum Gasteiger partial charge on any atom is -0.480 e. The highest BCUT2D eigenvalue weighted by atomic mass is 35.5. The van der Waals surface area contributed by atoms with Crippen LogP contribution in [0, 0.1) is 0 Å². The van der Waals surface area contributed by atoms with Crippen LogP contribution in [0.3, 0.4) is 0 Å². The normalized spacial score (nSPS) is 13.7. The van der Waals surface area contributed by atoms with Crippen molar-refractivity contribution in [2.75, 3.05) is 23.8 Å². The molecule has 0 bridgehead atoms. The van der Waals surface area contributed by atoms with Gasteiger partial charge in [0.05, 0.1) is 5.54 Å². The minimum atomic E-state index is -4.64. The van der Waals surface area contributed by atoms with Gasteiger partial charge in [-0.1, -0.05) is 23.7 Å². The van der Waals surface area contributed by atoms with Crippen LogP contribution in [0.1, 0.15) is 40.7 Å². The maximum Gasteiger partial charge on any atom is 0.422 e. The summed E-state index contributed by atoms with van der Waals surface area (Å²) >= 11 is 6.01. The first-order valence-corrected chi connectivity index (χ1v) is 15.8. The molecule has 2 heterocycles. The van der Waals surface area contributed by atoms with Crippen molar-refractivity contribution in [3.8, 4) is 6.01 Å². The second kappa shape index (κ2) is 15.8. The van der Waals surface area contributed by atoms with Crippen LogP contribution in [0.4, 0.5) is 30.8 Å². The third-order valence-corrected chi connectivity index (χ3v) is 7.82. The van der Waals surface area contributed by atoms with Crippen molar-refractivity contribution >= 4 is 52.8 Å². The number of nitrogens with one attached hydrogen (secondary N) is 4. The number of anilines is 3. The monoisotopic (exact) mass is 726 g/mol. The second-order valence-corrected chi connectivity index (χ2v) is 11.9. The van der Waals surface area contributed by atoms with E-state index < -0.39 is 53.9 Å². The molecule has 4 aromatic rings. The van der Waals surface area contributed by atoms with Gasteiger partial charge in [0.1, 0.15) is 6.04 Å². The fraction of sp³-hybridized carbons (Fsp3) is 0.273. The molecule has 2 aromatic heterocycles. The predicted molar refractivity (Wildman–Crippen MR) is 177 cm³/mol. The van der Waals surface area contributed by atoms with Crippen molar-refractivity contribution in [2.45, 2.75) is 43.4 Å². The molecule has 1 fully saturated rings. The SMILES string of the molecule is O=C(Cc1ccncc1)C(=O)NCC[C@H](NC(=O)c1ccc(Nc2nc(NC3(c4ccc(Cl)cc4)CC3)nc(OCC(F)(F)F)n2)cc1)C(=O)O. The average molecular weight is 727 g/mol. The van der Waals surface area contributed by atoms with E-state index in [9.17, 15) is 37.5 Å². The summed E-state index contributed by atoms with van der Waals surface area (Å²) in [5, 5.41) is 20.9. The Morgan fingerprint density at radius 1 is 0.922 bits per heavy atom. The van der Waals surface area contributed by atoms with Crippen molar-refractivity contribution in [3.63, 3.8) is 0 Å². The number of nitrogens with zero attached hydrogens (tertiary/aromatic N) is 4. The van der Waals surface area contributed by atoms with Crippen molar-refractivity contribution in [2.24, 2.45) is 0 Å². The number of Topliss-reactive ketones (excluding diaryl/α,β-unsaturated/α-hetero) is 1. The Kier molecular flexibility index (Phi) is 11.3. The Bertz CT molecular complexity index is 1880. The molecule has 5 N–H and O–H groups in total. The minimum absolute atomic E-state index is 0.0397. The van der Waals surface area contributed by atoms with Gasteiger partial charge >= 0.3 is 18.2 Å². The van der Waals surface area contributed by atoms with Crippen LogP contribution in [0.2, 0.25) is 5.02 Å². The van der Waals surface area contributed by atoms with Gasteiger partial charge in [-0.2, -0.15) is 28.1 Å². The molecular weight excluding hydrogens is 697 g/mol. The number of carbonyl (C=O) groups excluding carboxylic acids is 3. The van der Waals surface area contributed by atoms with E-state index in [2.05, 4.69) is 41.2 Å². The molecule has 0 radical (unpaired) electrons. The summed E-state index contributed by atoms with van der Waals surface area (Å²) in [4.78, 5) is 65.1. The van der Waals surface area contributed by atoms with Crippen LogP contribution in [-0.4, -0.2) is 74.0 Å². The third kappa shape index (κ3) is 10.6. The molecule has 2 aromatic carbocycles. The Balaban J connectivity index is 1.20.